The fraction of sp³-hybridized carbons (Fsp3) is 0.426. The number of imidazole rings is 4. The molecule has 2 N–H and O–H groups in total. The van der Waals surface area contributed by atoms with E-state index in [0.29, 0.717) is 137 Å². The van der Waals surface area contributed by atoms with Gasteiger partial charge in [0.15, 0.2) is 46.0 Å². The van der Waals surface area contributed by atoms with Crippen LogP contribution in [0.1, 0.15) is 178 Å². The van der Waals surface area contributed by atoms with E-state index in [1.165, 1.54) is 29.4 Å². The third-order valence-corrected chi connectivity index (χ3v) is 27.8. The number of aliphatic imine (C=N–C) groups is 4. The zero-order chi connectivity index (χ0) is 94.6. The van der Waals surface area contributed by atoms with Gasteiger partial charge >= 0.3 is 5.97 Å². The maximum atomic E-state index is 13.8. The number of nitrogens with zero attached hydrogens (tertiary/aromatic N) is 21. The highest BCUT2D eigenvalue weighted by Gasteiger charge is 2.49. The summed E-state index contributed by atoms with van der Waals surface area (Å²) in [6, 6.07) is 42.1. The SMILES string of the molecule is CCN1C(=O)c2c(nc(C(=O)OC)n2Cc2cc(Br)c3c(c2)CCO3)N2C[C@@H](Cc3ccccc3)N=C12.CCN1C(=O)c2c(nc(NC3CCOCC3)n2Cc2cc(C)c3c(c2)CCO3)N2CCN=C12.CCN1C(=O)c2c(nc(NC3CCOCC3)n2Cc2cc(C)c3c(c2)CCO3)N2CCN=C12.CCN1C(=O)c2c(nc(OC)n2Cc2ccc(C)c(C#N)c2)N2C[C@@H](Cc3ccccc3)N=C12. The van der Waals surface area contributed by atoms with Crippen LogP contribution in [-0.2, 0) is 72.5 Å². The Hall–Kier alpha value is -13.9. The molecule has 10 aromatic rings. The van der Waals surface area contributed by atoms with Crippen LogP contribution in [0.4, 0.5) is 35.2 Å². The predicted octanol–water partition coefficient (Wildman–Crippen LogP) is 11.9. The summed E-state index contributed by atoms with van der Waals surface area (Å²) in [5.41, 5.74) is 16.1. The quantitative estimate of drug-likeness (QED) is 0.0595. The summed E-state index contributed by atoms with van der Waals surface area (Å²) in [6.07, 6.45) is 7.92. The van der Waals surface area contributed by atoms with E-state index >= 15 is 0 Å². The van der Waals surface area contributed by atoms with Crippen molar-refractivity contribution in [1.82, 2.24) is 57.8 Å². The van der Waals surface area contributed by atoms with E-state index in [1.807, 2.05) is 105 Å². The average Bonchev–Trinajstić information content (AvgIpc) is 1.49. The molecule has 36 heteroatoms. The van der Waals surface area contributed by atoms with E-state index in [-0.39, 0.29) is 60.2 Å². The van der Waals surface area contributed by atoms with Gasteiger partial charge < -0.3 is 48.4 Å². The molecule has 17 heterocycles. The Morgan fingerprint density at radius 3 is 1.34 bits per heavy atom. The van der Waals surface area contributed by atoms with Crippen LogP contribution in [0, 0.1) is 32.1 Å². The molecular weight excluding hydrogens is 1810 g/mol. The first-order valence-corrected chi connectivity index (χ1v) is 48.5. The van der Waals surface area contributed by atoms with Crippen molar-refractivity contribution in [2.45, 2.75) is 157 Å². The highest BCUT2D eigenvalue weighted by Crippen LogP contribution is 2.44. The minimum absolute atomic E-state index is 0.0247. The number of amides is 4. The van der Waals surface area contributed by atoms with Crippen LogP contribution in [0.15, 0.2) is 140 Å². The minimum atomic E-state index is -0.590. The number of methoxy groups -OCH3 is 2. The molecule has 0 radical (unpaired) electrons. The van der Waals surface area contributed by atoms with Gasteiger partial charge in [-0.3, -0.25) is 82.1 Å². The van der Waals surface area contributed by atoms with Crippen molar-refractivity contribution in [3.05, 3.63) is 221 Å². The van der Waals surface area contributed by atoms with Gasteiger partial charge in [0.25, 0.3) is 29.6 Å². The average molecular weight is 1920 g/mol. The second-order valence-electron chi connectivity index (χ2n) is 36.0. The number of esters is 1. The Morgan fingerprint density at radius 2 is 0.876 bits per heavy atom. The van der Waals surface area contributed by atoms with E-state index in [4.69, 9.17) is 58.1 Å². The standard InChI is InChI=1S/C27H26BrN5O4.C26H26N6O2.2C24H30N6O3/c1-3-31-25(34)21-23(33-15-19(29-27(31)33)12-16-7-5-4-6-8-16)30-24(26(35)36-2)32(21)14-17-11-18-9-10-37-22(18)20(28)13-17;1-4-30-24(33)22-23(32-16-21(28-25(30)32)13-18-8-6-5-7-9-18)29-26(34-3)31(22)15-19-11-10-17(2)20(12-19)14-27;2*1-3-28-22(31)19-21(29-8-7-25-24(28)29)27-23(26-18-5-9-32-10-6-18)30(19)14-16-12-15(2)20-17(13-16)4-11-33-20/h4-8,11,13,19H,3,9-10,12,14-15H2,1-2H3;5-12,21H,4,13,15-16H2,1-3H3;2*12-13,18H,3-11,14H2,1-2H3,(H,26,27)/t19-;21-;;/m11../s1. The zero-order valence-electron chi connectivity index (χ0n) is 78.7. The maximum Gasteiger partial charge on any atom is 0.374 e. The Balaban J connectivity index is 0.000000113. The monoisotopic (exact) mass is 1920 g/mol. The lowest BCUT2D eigenvalue weighted by Crippen LogP contribution is -2.50. The van der Waals surface area contributed by atoms with E-state index in [0.717, 1.165) is 212 Å². The third-order valence-electron chi connectivity index (χ3n) is 27.2. The van der Waals surface area contributed by atoms with Crippen molar-refractivity contribution in [1.29, 1.82) is 5.26 Å². The van der Waals surface area contributed by atoms with Crippen LogP contribution in [0.3, 0.4) is 0 Å². The number of aryl methyl sites for hydroxylation is 3. The topological polar surface area (TPSA) is 344 Å². The second kappa shape index (κ2) is 38.7. The molecule has 6 aromatic carbocycles. The van der Waals surface area contributed by atoms with E-state index in [2.05, 4.69) is 135 Å². The van der Waals surface area contributed by atoms with Gasteiger partial charge in [0.05, 0.1) is 115 Å². The van der Waals surface area contributed by atoms with Crippen molar-refractivity contribution < 1.29 is 57.1 Å². The first-order valence-electron chi connectivity index (χ1n) is 47.7. The number of aromatic nitrogens is 8. The van der Waals surface area contributed by atoms with Crippen LogP contribution in [0.5, 0.6) is 23.3 Å². The van der Waals surface area contributed by atoms with E-state index in [9.17, 15) is 29.2 Å². The number of fused-ring (bicyclic) bond motifs is 15. The normalized spacial score (nSPS) is 18.5. The number of rotatable bonds is 22. The summed E-state index contributed by atoms with van der Waals surface area (Å²) in [5.74, 6) is 8.60. The number of hydrogen-bond donors (Lipinski definition) is 2. The molecule has 0 bridgehead atoms. The predicted molar refractivity (Wildman–Crippen MR) is 522 cm³/mol. The van der Waals surface area contributed by atoms with Crippen molar-refractivity contribution in [2.24, 2.45) is 20.0 Å². The molecule has 35 nitrogen and oxygen atoms in total. The Labute approximate surface area is 802 Å². The summed E-state index contributed by atoms with van der Waals surface area (Å²) < 4.78 is 47.5. The number of nitriles is 1. The van der Waals surface area contributed by atoms with Gasteiger partial charge in [-0.2, -0.15) is 20.2 Å². The number of carbonyl (C=O) groups is 5. The maximum absolute atomic E-state index is 13.8. The number of carbonyl (C=O) groups excluding carboxylic acids is 5. The van der Waals surface area contributed by atoms with E-state index < -0.39 is 5.97 Å². The summed E-state index contributed by atoms with van der Waals surface area (Å²) in [4.78, 5) is 121. The lowest BCUT2D eigenvalue weighted by molar-refractivity contribution is 0.0580. The van der Waals surface area contributed by atoms with Gasteiger partial charge in [0.1, 0.15) is 17.2 Å². The molecule has 2 atom stereocenters. The first kappa shape index (κ1) is 90.9. The van der Waals surface area contributed by atoms with Crippen molar-refractivity contribution in [3.63, 3.8) is 0 Å². The van der Waals surface area contributed by atoms with Crippen molar-refractivity contribution in [2.75, 3.05) is 156 Å². The third kappa shape index (κ3) is 17.3. The highest BCUT2D eigenvalue weighted by molar-refractivity contribution is 9.10. The molecule has 4 aromatic heterocycles. The molecule has 23 rings (SSSR count). The number of benzene rings is 6. The summed E-state index contributed by atoms with van der Waals surface area (Å²) in [6.45, 7) is 27.0. The van der Waals surface area contributed by atoms with Crippen LogP contribution >= 0.6 is 15.9 Å². The molecule has 13 aliphatic heterocycles. The molecule has 4 amide bonds. The van der Waals surface area contributed by atoms with Crippen molar-refractivity contribution >= 4 is 105 Å². The number of nitrogens with one attached hydrogen (secondary N) is 2. The molecule has 13 aliphatic rings. The number of guanidine groups is 4. The largest absolute Gasteiger partial charge is 0.493 e. The van der Waals surface area contributed by atoms with Crippen LogP contribution in [-0.4, -0.2) is 261 Å². The zero-order valence-corrected chi connectivity index (χ0v) is 80.2. The van der Waals surface area contributed by atoms with Gasteiger partial charge in [-0.25, -0.2) is 19.8 Å². The number of ether oxygens (including phenoxy) is 7. The summed E-state index contributed by atoms with van der Waals surface area (Å²) in [7, 11) is 2.88. The van der Waals surface area contributed by atoms with Gasteiger partial charge in [-0.05, 0) is 182 Å². The second-order valence-corrected chi connectivity index (χ2v) is 36.9. The number of halogens is 1. The van der Waals surface area contributed by atoms with Crippen LogP contribution < -0.4 is 49.2 Å². The van der Waals surface area contributed by atoms with Gasteiger partial charge in [0, 0.05) is 97.0 Å². The fourth-order valence-corrected chi connectivity index (χ4v) is 21.3. The molecule has 2 saturated heterocycles. The molecule has 0 aliphatic carbocycles. The minimum Gasteiger partial charge on any atom is -0.493 e. The summed E-state index contributed by atoms with van der Waals surface area (Å²) in [5, 5.41) is 16.7. The lowest BCUT2D eigenvalue weighted by Gasteiger charge is -2.33. The molecule has 0 spiro atoms. The molecule has 0 saturated carbocycles. The molecule has 0 unspecified atom stereocenters. The van der Waals surface area contributed by atoms with Crippen LogP contribution in [0.2, 0.25) is 0 Å². The fourth-order valence-electron chi connectivity index (χ4n) is 20.7. The number of hydrogen-bond acceptors (Lipinski definition) is 27. The van der Waals surface area contributed by atoms with Gasteiger partial charge in [-0.1, -0.05) is 103 Å². The molecule has 710 valence electrons. The smallest absolute Gasteiger partial charge is 0.374 e. The van der Waals surface area contributed by atoms with E-state index in [1.54, 1.807) is 35.8 Å². The molecule has 2 fully saturated rings. The molecule has 137 heavy (non-hydrogen) atoms. The lowest BCUT2D eigenvalue weighted by atomic mass is 10.0. The first-order chi connectivity index (χ1) is 66.8. The Bertz CT molecular complexity index is 6400. The van der Waals surface area contributed by atoms with Gasteiger partial charge in [-0.15, -0.1) is 0 Å². The summed E-state index contributed by atoms with van der Waals surface area (Å²) >= 11 is 3.60. The molecular formula is C101H112BrN23O12. The Morgan fingerprint density at radius 1 is 0.460 bits per heavy atom. The number of anilines is 6. The Kier molecular flexibility index (Phi) is 25.7. The van der Waals surface area contributed by atoms with Crippen LogP contribution in [0.25, 0.3) is 0 Å². The van der Waals surface area contributed by atoms with Crippen molar-refractivity contribution in [3.8, 4) is 29.3 Å². The highest BCUT2D eigenvalue weighted by atomic mass is 79.9. The van der Waals surface area contributed by atoms with Gasteiger partial charge in [0.2, 0.25) is 41.6 Å².